The fraction of sp³-hybridized carbons (Fsp3) is 0.538. The molecule has 0 aliphatic carbocycles. The smallest absolute Gasteiger partial charge is 0.0400 e. The van der Waals surface area contributed by atoms with Crippen LogP contribution in [0.5, 0.6) is 0 Å². The third kappa shape index (κ3) is 1.88. The van der Waals surface area contributed by atoms with Gasteiger partial charge in [-0.25, -0.2) is 0 Å². The fourth-order valence-corrected chi connectivity index (χ4v) is 3.37. The van der Waals surface area contributed by atoms with Gasteiger partial charge in [-0.2, -0.15) is 11.8 Å². The van der Waals surface area contributed by atoms with E-state index < -0.39 is 0 Å². The molecule has 1 fully saturated rings. The summed E-state index contributed by atoms with van der Waals surface area (Å²) in [5.41, 5.74) is 9.62. The number of aryl methyl sites for hydroxylation is 1. The molecule has 86 valence electrons. The highest BCUT2D eigenvalue weighted by atomic mass is 32.2. The minimum atomic E-state index is 0.903. The highest BCUT2D eigenvalue weighted by molar-refractivity contribution is 8.00. The van der Waals surface area contributed by atoms with Gasteiger partial charge in [0, 0.05) is 24.5 Å². The van der Waals surface area contributed by atoms with Crippen LogP contribution in [0.4, 0.5) is 11.4 Å². The largest absolute Gasteiger partial charge is 0.399 e. The van der Waals surface area contributed by atoms with Crippen molar-refractivity contribution < 1.29 is 0 Å². The van der Waals surface area contributed by atoms with Crippen LogP contribution in [0.2, 0.25) is 0 Å². The Labute approximate surface area is 101 Å². The Balaban J connectivity index is 1.81. The number of benzene rings is 1. The fourth-order valence-electron chi connectivity index (χ4n) is 2.59. The molecular formula is C13H18N2S. The molecule has 2 aliphatic heterocycles. The van der Waals surface area contributed by atoms with Gasteiger partial charge in [-0.15, -0.1) is 0 Å². The Morgan fingerprint density at radius 2 is 2.25 bits per heavy atom. The second kappa shape index (κ2) is 4.21. The van der Waals surface area contributed by atoms with Gasteiger partial charge in [0.05, 0.1) is 0 Å². The lowest BCUT2D eigenvalue weighted by Crippen LogP contribution is -2.38. The van der Waals surface area contributed by atoms with Crippen LogP contribution in [0.1, 0.15) is 12.0 Å². The van der Waals surface area contributed by atoms with Crippen LogP contribution in [0.3, 0.4) is 0 Å². The molecule has 0 saturated carbocycles. The van der Waals surface area contributed by atoms with Gasteiger partial charge >= 0.3 is 0 Å². The molecule has 0 aromatic heterocycles. The number of nitrogens with zero attached hydrogens (tertiary/aromatic N) is 1. The Morgan fingerprint density at radius 3 is 3.00 bits per heavy atom. The zero-order chi connectivity index (χ0) is 11.0. The van der Waals surface area contributed by atoms with Gasteiger partial charge in [-0.3, -0.25) is 0 Å². The first-order chi connectivity index (χ1) is 7.83. The molecule has 1 saturated heterocycles. The van der Waals surface area contributed by atoms with E-state index in [9.17, 15) is 0 Å². The summed E-state index contributed by atoms with van der Waals surface area (Å²) in [5.74, 6) is 3.61. The van der Waals surface area contributed by atoms with E-state index in [4.69, 9.17) is 5.73 Å². The van der Waals surface area contributed by atoms with Crippen molar-refractivity contribution in [3.05, 3.63) is 23.8 Å². The molecule has 0 atom stereocenters. The van der Waals surface area contributed by atoms with Gasteiger partial charge in [-0.1, -0.05) is 0 Å². The molecule has 1 aromatic rings. The van der Waals surface area contributed by atoms with Crippen molar-refractivity contribution in [1.29, 1.82) is 0 Å². The van der Waals surface area contributed by atoms with E-state index in [-0.39, 0.29) is 0 Å². The van der Waals surface area contributed by atoms with Crippen molar-refractivity contribution in [3.8, 4) is 0 Å². The van der Waals surface area contributed by atoms with Gasteiger partial charge < -0.3 is 10.6 Å². The molecule has 2 aliphatic rings. The van der Waals surface area contributed by atoms with E-state index in [1.54, 1.807) is 0 Å². The Hall–Kier alpha value is -0.830. The molecule has 2 nitrogen and oxygen atoms in total. The Kier molecular flexibility index (Phi) is 2.72. The summed E-state index contributed by atoms with van der Waals surface area (Å²) in [4.78, 5) is 2.56. The number of fused-ring (bicyclic) bond motifs is 1. The number of rotatable bonds is 2. The molecule has 3 rings (SSSR count). The van der Waals surface area contributed by atoms with Crippen LogP contribution in [-0.4, -0.2) is 24.6 Å². The summed E-state index contributed by atoms with van der Waals surface area (Å²) in [5, 5.41) is 0. The first-order valence-electron chi connectivity index (χ1n) is 6.04. The van der Waals surface area contributed by atoms with Crippen LogP contribution < -0.4 is 10.6 Å². The summed E-state index contributed by atoms with van der Waals surface area (Å²) in [6.07, 6.45) is 2.46. The average Bonchev–Trinajstić information content (AvgIpc) is 2.23. The predicted octanol–water partition coefficient (Wildman–Crippen LogP) is 2.38. The van der Waals surface area contributed by atoms with Crippen molar-refractivity contribution >= 4 is 23.1 Å². The van der Waals surface area contributed by atoms with Gasteiger partial charge in [0.15, 0.2) is 0 Å². The number of nitrogen functional groups attached to an aromatic ring is 1. The molecule has 0 radical (unpaired) electrons. The van der Waals surface area contributed by atoms with E-state index >= 15 is 0 Å². The SMILES string of the molecule is Nc1ccc2c(c1)CCCN2CC1CSC1. The van der Waals surface area contributed by atoms with Crippen molar-refractivity contribution in [1.82, 2.24) is 0 Å². The van der Waals surface area contributed by atoms with E-state index in [1.165, 1.54) is 48.7 Å². The standard InChI is InChI=1S/C13H18N2S/c14-12-3-4-13-11(6-12)2-1-5-15(13)7-10-8-16-9-10/h3-4,6,10H,1-2,5,7-9,14H2. The summed E-state index contributed by atoms with van der Waals surface area (Å²) in [7, 11) is 0. The third-order valence-corrected chi connectivity index (χ3v) is 4.92. The lowest BCUT2D eigenvalue weighted by atomic mass is 10.00. The van der Waals surface area contributed by atoms with Gasteiger partial charge in [0.2, 0.25) is 0 Å². The number of hydrogen-bond donors (Lipinski definition) is 1. The number of anilines is 2. The van der Waals surface area contributed by atoms with Crippen LogP contribution in [-0.2, 0) is 6.42 Å². The number of hydrogen-bond acceptors (Lipinski definition) is 3. The second-order valence-electron chi connectivity index (χ2n) is 4.84. The lowest BCUT2D eigenvalue weighted by Gasteiger charge is -2.37. The minimum Gasteiger partial charge on any atom is -0.399 e. The van der Waals surface area contributed by atoms with Crippen LogP contribution in [0, 0.1) is 5.92 Å². The predicted molar refractivity (Wildman–Crippen MR) is 72.2 cm³/mol. The van der Waals surface area contributed by atoms with Gasteiger partial charge in [0.1, 0.15) is 0 Å². The first-order valence-corrected chi connectivity index (χ1v) is 7.19. The maximum Gasteiger partial charge on any atom is 0.0400 e. The zero-order valence-electron chi connectivity index (χ0n) is 9.48. The number of nitrogens with two attached hydrogens (primary N) is 1. The summed E-state index contributed by atoms with van der Waals surface area (Å²) in [6.45, 7) is 2.46. The van der Waals surface area contributed by atoms with Crippen LogP contribution in [0.15, 0.2) is 18.2 Å². The van der Waals surface area contributed by atoms with Crippen LogP contribution in [0.25, 0.3) is 0 Å². The van der Waals surface area contributed by atoms with Gasteiger partial charge in [0.25, 0.3) is 0 Å². The van der Waals surface area contributed by atoms with E-state index in [1.807, 2.05) is 6.07 Å². The molecule has 2 N–H and O–H groups in total. The normalized spacial score (nSPS) is 20.4. The van der Waals surface area contributed by atoms with E-state index in [0.29, 0.717) is 0 Å². The van der Waals surface area contributed by atoms with E-state index in [0.717, 1.165) is 11.6 Å². The molecule has 2 heterocycles. The first kappa shape index (κ1) is 10.3. The highest BCUT2D eigenvalue weighted by Crippen LogP contribution is 2.32. The second-order valence-corrected chi connectivity index (χ2v) is 5.92. The summed E-state index contributed by atoms with van der Waals surface area (Å²) < 4.78 is 0. The average molecular weight is 234 g/mol. The lowest BCUT2D eigenvalue weighted by molar-refractivity contribution is 0.579. The van der Waals surface area contributed by atoms with E-state index in [2.05, 4.69) is 28.8 Å². The maximum absolute atomic E-state index is 5.84. The molecule has 0 amide bonds. The number of thioether (sulfide) groups is 1. The highest BCUT2D eigenvalue weighted by Gasteiger charge is 2.24. The van der Waals surface area contributed by atoms with Crippen molar-refractivity contribution in [3.63, 3.8) is 0 Å². The van der Waals surface area contributed by atoms with Crippen molar-refractivity contribution in [2.24, 2.45) is 5.92 Å². The molecule has 3 heteroatoms. The molecule has 0 bridgehead atoms. The Morgan fingerprint density at radius 1 is 1.38 bits per heavy atom. The third-order valence-electron chi connectivity index (χ3n) is 3.50. The quantitative estimate of drug-likeness (QED) is 0.797. The van der Waals surface area contributed by atoms with Crippen molar-refractivity contribution in [2.75, 3.05) is 35.2 Å². The van der Waals surface area contributed by atoms with Crippen molar-refractivity contribution in [2.45, 2.75) is 12.8 Å². The molecular weight excluding hydrogens is 216 g/mol. The monoisotopic (exact) mass is 234 g/mol. The molecule has 0 spiro atoms. The van der Waals surface area contributed by atoms with Gasteiger partial charge in [-0.05, 0) is 54.0 Å². The zero-order valence-corrected chi connectivity index (χ0v) is 10.3. The van der Waals surface area contributed by atoms with Crippen LogP contribution >= 0.6 is 11.8 Å². The molecule has 1 aromatic carbocycles. The topological polar surface area (TPSA) is 29.3 Å². The maximum atomic E-state index is 5.84. The molecule has 16 heavy (non-hydrogen) atoms. The minimum absolute atomic E-state index is 0.903. The summed E-state index contributed by atoms with van der Waals surface area (Å²) >= 11 is 2.07. The summed E-state index contributed by atoms with van der Waals surface area (Å²) in [6, 6.07) is 6.39. The molecule has 0 unspecified atom stereocenters. The Bertz CT molecular complexity index is 388.